The van der Waals surface area contributed by atoms with Crippen molar-refractivity contribution in [3.8, 4) is 5.75 Å². The maximum absolute atomic E-state index is 9.31. The molecule has 0 atom stereocenters. The summed E-state index contributed by atoms with van der Waals surface area (Å²) in [5.74, 6) is 0.816. The third-order valence-electron chi connectivity index (χ3n) is 1.23. The largest absolute Gasteiger partial charge is 0.505 e. The van der Waals surface area contributed by atoms with Crippen LogP contribution < -0.4 is 0 Å². The van der Waals surface area contributed by atoms with Crippen LogP contribution in [-0.4, -0.2) is 29.2 Å². The molecule has 0 saturated carbocycles. The molecule has 1 heterocycles. The summed E-state index contributed by atoms with van der Waals surface area (Å²) in [4.78, 5) is 8.47. The number of hydrogen-bond donors (Lipinski definition) is 1. The van der Waals surface area contributed by atoms with Crippen LogP contribution in [0.5, 0.6) is 5.75 Å². The SMILES string of the molecule is CO/N=C\CSc1ncccc1O. The van der Waals surface area contributed by atoms with Gasteiger partial charge in [-0.05, 0) is 12.1 Å². The first kappa shape index (κ1) is 9.85. The van der Waals surface area contributed by atoms with Crippen LogP contribution in [0, 0.1) is 0 Å². The Morgan fingerprint density at radius 1 is 1.77 bits per heavy atom. The van der Waals surface area contributed by atoms with Gasteiger partial charge in [0.25, 0.3) is 0 Å². The number of aromatic hydroxyl groups is 1. The normalized spacial score (nSPS) is 10.5. The van der Waals surface area contributed by atoms with Gasteiger partial charge in [-0.2, -0.15) is 0 Å². The number of oxime groups is 1. The Hall–Kier alpha value is -1.23. The zero-order valence-corrected chi connectivity index (χ0v) is 7.99. The van der Waals surface area contributed by atoms with Crippen LogP contribution in [0.4, 0.5) is 0 Å². The highest BCUT2D eigenvalue weighted by Crippen LogP contribution is 2.23. The third kappa shape index (κ3) is 3.33. The van der Waals surface area contributed by atoms with Crippen molar-refractivity contribution >= 4 is 18.0 Å². The molecule has 0 saturated heterocycles. The first-order valence-electron chi connectivity index (χ1n) is 3.66. The van der Waals surface area contributed by atoms with Crippen molar-refractivity contribution in [2.45, 2.75) is 5.03 Å². The van der Waals surface area contributed by atoms with E-state index in [4.69, 9.17) is 0 Å². The van der Waals surface area contributed by atoms with E-state index in [0.717, 1.165) is 0 Å². The molecule has 5 heteroatoms. The van der Waals surface area contributed by atoms with Crippen LogP contribution in [-0.2, 0) is 4.84 Å². The fourth-order valence-electron chi connectivity index (χ4n) is 0.715. The van der Waals surface area contributed by atoms with E-state index in [9.17, 15) is 5.11 Å². The van der Waals surface area contributed by atoms with Crippen molar-refractivity contribution in [2.24, 2.45) is 5.16 Å². The maximum atomic E-state index is 9.31. The Balaban J connectivity index is 2.45. The highest BCUT2D eigenvalue weighted by molar-refractivity contribution is 7.99. The molecule has 0 aliphatic carbocycles. The number of nitrogens with zero attached hydrogens (tertiary/aromatic N) is 2. The van der Waals surface area contributed by atoms with Crippen molar-refractivity contribution in [3.63, 3.8) is 0 Å². The quantitative estimate of drug-likeness (QED) is 0.452. The van der Waals surface area contributed by atoms with Crippen LogP contribution in [0.2, 0.25) is 0 Å². The van der Waals surface area contributed by atoms with Crippen LogP contribution >= 0.6 is 11.8 Å². The molecule has 4 nitrogen and oxygen atoms in total. The monoisotopic (exact) mass is 198 g/mol. The summed E-state index contributed by atoms with van der Waals surface area (Å²) in [6, 6.07) is 3.28. The van der Waals surface area contributed by atoms with Crippen molar-refractivity contribution in [1.82, 2.24) is 4.98 Å². The molecule has 0 aliphatic rings. The van der Waals surface area contributed by atoms with Gasteiger partial charge < -0.3 is 9.94 Å². The maximum Gasteiger partial charge on any atom is 0.147 e. The molecular weight excluding hydrogens is 188 g/mol. The molecule has 0 bridgehead atoms. The van der Waals surface area contributed by atoms with E-state index in [1.54, 1.807) is 24.5 Å². The average molecular weight is 198 g/mol. The molecule has 0 radical (unpaired) electrons. The molecule has 1 aromatic rings. The molecule has 0 amide bonds. The smallest absolute Gasteiger partial charge is 0.147 e. The van der Waals surface area contributed by atoms with Gasteiger partial charge >= 0.3 is 0 Å². The zero-order chi connectivity index (χ0) is 9.52. The molecule has 13 heavy (non-hydrogen) atoms. The van der Waals surface area contributed by atoms with Gasteiger partial charge in [-0.1, -0.05) is 16.9 Å². The lowest BCUT2D eigenvalue weighted by molar-refractivity contribution is 0.215. The van der Waals surface area contributed by atoms with Gasteiger partial charge in [-0.15, -0.1) is 0 Å². The third-order valence-corrected chi connectivity index (χ3v) is 2.13. The van der Waals surface area contributed by atoms with E-state index in [1.165, 1.54) is 18.9 Å². The minimum atomic E-state index is 0.193. The summed E-state index contributed by atoms with van der Waals surface area (Å²) >= 11 is 1.40. The van der Waals surface area contributed by atoms with Gasteiger partial charge in [-0.3, -0.25) is 0 Å². The van der Waals surface area contributed by atoms with E-state index < -0.39 is 0 Å². The van der Waals surface area contributed by atoms with Crippen molar-refractivity contribution < 1.29 is 9.94 Å². The predicted octanol–water partition coefficient (Wildman–Crippen LogP) is 1.51. The lowest BCUT2D eigenvalue weighted by atomic mass is 10.5. The Bertz CT molecular complexity index is 291. The van der Waals surface area contributed by atoms with E-state index in [2.05, 4.69) is 15.0 Å². The zero-order valence-electron chi connectivity index (χ0n) is 7.17. The second-order valence-electron chi connectivity index (χ2n) is 2.11. The molecule has 1 rings (SSSR count). The second-order valence-corrected chi connectivity index (χ2v) is 3.12. The molecule has 0 fully saturated rings. The van der Waals surface area contributed by atoms with Gasteiger partial charge in [0.15, 0.2) is 0 Å². The molecule has 1 N–H and O–H groups in total. The van der Waals surface area contributed by atoms with Crippen molar-refractivity contribution in [2.75, 3.05) is 12.9 Å². The predicted molar refractivity (Wildman–Crippen MR) is 52.1 cm³/mol. The fourth-order valence-corrected chi connectivity index (χ4v) is 1.36. The topological polar surface area (TPSA) is 54.7 Å². The summed E-state index contributed by atoms with van der Waals surface area (Å²) in [5.41, 5.74) is 0. The highest BCUT2D eigenvalue weighted by atomic mass is 32.2. The minimum Gasteiger partial charge on any atom is -0.505 e. The summed E-state index contributed by atoms with van der Waals surface area (Å²) in [5, 5.41) is 13.5. The van der Waals surface area contributed by atoms with E-state index in [-0.39, 0.29) is 5.75 Å². The molecule has 0 aromatic carbocycles. The molecule has 0 aliphatic heterocycles. The van der Waals surface area contributed by atoms with E-state index in [0.29, 0.717) is 10.8 Å². The molecule has 1 aromatic heterocycles. The first-order valence-corrected chi connectivity index (χ1v) is 4.65. The summed E-state index contributed by atoms with van der Waals surface area (Å²) in [6.07, 6.45) is 3.24. The van der Waals surface area contributed by atoms with Crippen LogP contribution in [0.3, 0.4) is 0 Å². The number of hydrogen-bond acceptors (Lipinski definition) is 5. The van der Waals surface area contributed by atoms with E-state index >= 15 is 0 Å². The first-order chi connectivity index (χ1) is 6.34. The van der Waals surface area contributed by atoms with Gasteiger partial charge in [0.2, 0.25) is 0 Å². The fraction of sp³-hybridized carbons (Fsp3) is 0.250. The van der Waals surface area contributed by atoms with Gasteiger partial charge in [0.05, 0.1) is 6.21 Å². The Labute approximate surface area is 80.6 Å². The van der Waals surface area contributed by atoms with Crippen LogP contribution in [0.15, 0.2) is 28.5 Å². The van der Waals surface area contributed by atoms with Crippen molar-refractivity contribution in [3.05, 3.63) is 18.3 Å². The average Bonchev–Trinajstić information content (AvgIpc) is 2.15. The molecular formula is C8H10N2O2S. The van der Waals surface area contributed by atoms with Crippen LogP contribution in [0.25, 0.3) is 0 Å². The van der Waals surface area contributed by atoms with Gasteiger partial charge in [-0.25, -0.2) is 4.98 Å². The highest BCUT2D eigenvalue weighted by Gasteiger charge is 1.99. The Kier molecular flexibility index (Phi) is 4.11. The minimum absolute atomic E-state index is 0.193. The lowest BCUT2D eigenvalue weighted by Gasteiger charge is -1.98. The number of aromatic nitrogens is 1. The summed E-state index contributed by atoms with van der Waals surface area (Å²) in [6.45, 7) is 0. The summed E-state index contributed by atoms with van der Waals surface area (Å²) < 4.78 is 0. The lowest BCUT2D eigenvalue weighted by Crippen LogP contribution is -1.84. The number of thioether (sulfide) groups is 1. The summed E-state index contributed by atoms with van der Waals surface area (Å²) in [7, 11) is 1.49. The van der Waals surface area contributed by atoms with Gasteiger partial charge in [0, 0.05) is 11.9 Å². The van der Waals surface area contributed by atoms with Crippen LogP contribution in [0.1, 0.15) is 0 Å². The molecule has 0 unspecified atom stereocenters. The number of rotatable bonds is 4. The number of pyridine rings is 1. The molecule has 70 valence electrons. The Morgan fingerprint density at radius 3 is 3.31 bits per heavy atom. The standard InChI is InChI=1S/C8H10N2O2S/c1-12-10-5-6-13-8-7(11)3-2-4-9-8/h2-5,11H,6H2,1H3/b10-5-. The van der Waals surface area contributed by atoms with Gasteiger partial charge in [0.1, 0.15) is 17.9 Å². The van der Waals surface area contributed by atoms with E-state index in [1.807, 2.05) is 0 Å². The Morgan fingerprint density at radius 2 is 2.62 bits per heavy atom. The second kappa shape index (κ2) is 5.42. The van der Waals surface area contributed by atoms with Crippen molar-refractivity contribution in [1.29, 1.82) is 0 Å². The molecule has 0 spiro atoms.